The highest BCUT2D eigenvalue weighted by Gasteiger charge is 2.36. The van der Waals surface area contributed by atoms with Crippen molar-refractivity contribution in [1.29, 1.82) is 0 Å². The summed E-state index contributed by atoms with van der Waals surface area (Å²) < 4.78 is 0. The molecule has 1 aliphatic rings. The van der Waals surface area contributed by atoms with Crippen molar-refractivity contribution in [2.45, 2.75) is 77.9 Å². The molecular weight excluding hydrogens is 252 g/mol. The van der Waals surface area contributed by atoms with Gasteiger partial charge in [0.15, 0.2) is 0 Å². The number of carbonyl (C=O) groups excluding carboxylic acids is 1. The van der Waals surface area contributed by atoms with E-state index in [1.165, 1.54) is 0 Å². The second-order valence-electron chi connectivity index (χ2n) is 7.14. The summed E-state index contributed by atoms with van der Waals surface area (Å²) in [5, 5.41) is 16.7. The van der Waals surface area contributed by atoms with Crippen LogP contribution >= 0.6 is 0 Å². The minimum absolute atomic E-state index is 0.0261. The Labute approximate surface area is 123 Å². The molecule has 20 heavy (non-hydrogen) atoms. The van der Waals surface area contributed by atoms with E-state index in [-0.39, 0.29) is 11.9 Å². The molecule has 0 aromatic heterocycles. The van der Waals surface area contributed by atoms with Crippen molar-refractivity contribution in [3.63, 3.8) is 0 Å². The number of hydrogen-bond acceptors (Lipinski definition) is 3. The van der Waals surface area contributed by atoms with Crippen LogP contribution in [0.5, 0.6) is 0 Å². The average Bonchev–Trinajstić information content (AvgIpc) is 2.40. The molecule has 1 atom stereocenters. The van der Waals surface area contributed by atoms with Crippen molar-refractivity contribution in [1.82, 2.24) is 10.6 Å². The minimum Gasteiger partial charge on any atom is -0.389 e. The molecule has 0 aromatic rings. The molecule has 0 bridgehead atoms. The van der Waals surface area contributed by atoms with E-state index in [0.717, 1.165) is 45.1 Å². The second kappa shape index (κ2) is 7.41. The Kier molecular flexibility index (Phi) is 6.46. The Bertz CT molecular complexity index is 306. The molecule has 0 heterocycles. The van der Waals surface area contributed by atoms with Crippen LogP contribution in [0, 0.1) is 5.41 Å². The molecule has 0 spiro atoms. The van der Waals surface area contributed by atoms with Crippen molar-refractivity contribution in [3.05, 3.63) is 0 Å². The molecule has 0 saturated heterocycles. The molecule has 1 amide bonds. The lowest BCUT2D eigenvalue weighted by atomic mass is 9.71. The van der Waals surface area contributed by atoms with Gasteiger partial charge in [0.25, 0.3) is 0 Å². The third-order valence-electron chi connectivity index (χ3n) is 4.49. The normalized spacial score (nSPS) is 22.2. The van der Waals surface area contributed by atoms with Gasteiger partial charge < -0.3 is 15.7 Å². The molecule has 118 valence electrons. The van der Waals surface area contributed by atoms with Crippen LogP contribution in [0.2, 0.25) is 0 Å². The topological polar surface area (TPSA) is 61.4 Å². The summed E-state index contributed by atoms with van der Waals surface area (Å²) in [6.07, 6.45) is 5.81. The van der Waals surface area contributed by atoms with E-state index in [9.17, 15) is 9.90 Å². The smallest absolute Gasteiger partial charge is 0.236 e. The second-order valence-corrected chi connectivity index (χ2v) is 7.14. The van der Waals surface area contributed by atoms with Gasteiger partial charge in [-0.25, -0.2) is 0 Å². The molecule has 1 saturated carbocycles. The number of carbonyl (C=O) groups is 1. The van der Waals surface area contributed by atoms with E-state index in [0.29, 0.717) is 12.0 Å². The van der Waals surface area contributed by atoms with E-state index in [2.05, 4.69) is 31.4 Å². The van der Waals surface area contributed by atoms with Gasteiger partial charge in [-0.3, -0.25) is 4.79 Å². The van der Waals surface area contributed by atoms with Gasteiger partial charge in [-0.1, -0.05) is 27.2 Å². The lowest BCUT2D eigenvalue weighted by Gasteiger charge is -2.40. The Morgan fingerprint density at radius 2 is 1.85 bits per heavy atom. The number of amides is 1. The summed E-state index contributed by atoms with van der Waals surface area (Å²) in [7, 11) is 0. The van der Waals surface area contributed by atoms with E-state index in [4.69, 9.17) is 0 Å². The molecule has 4 nitrogen and oxygen atoms in total. The summed E-state index contributed by atoms with van der Waals surface area (Å²) in [6, 6.07) is -0.245. The van der Waals surface area contributed by atoms with Crippen LogP contribution in [-0.4, -0.2) is 35.7 Å². The van der Waals surface area contributed by atoms with E-state index >= 15 is 0 Å². The molecular formula is C16H32N2O2. The predicted molar refractivity (Wildman–Crippen MR) is 82.6 cm³/mol. The van der Waals surface area contributed by atoms with E-state index in [1.54, 1.807) is 0 Å². The van der Waals surface area contributed by atoms with Crippen LogP contribution in [0.3, 0.4) is 0 Å². The Hall–Kier alpha value is -0.610. The van der Waals surface area contributed by atoms with Crippen LogP contribution < -0.4 is 10.6 Å². The average molecular weight is 284 g/mol. The number of rotatable bonds is 7. The zero-order valence-electron chi connectivity index (χ0n) is 13.6. The van der Waals surface area contributed by atoms with Crippen LogP contribution in [0.15, 0.2) is 0 Å². The molecule has 0 aromatic carbocycles. The molecule has 1 fully saturated rings. The van der Waals surface area contributed by atoms with Gasteiger partial charge in [0.1, 0.15) is 0 Å². The van der Waals surface area contributed by atoms with Gasteiger partial charge in [-0.2, -0.15) is 0 Å². The number of unbranched alkanes of at least 4 members (excludes halogenated alkanes) is 1. The van der Waals surface area contributed by atoms with Crippen LogP contribution in [0.1, 0.15) is 66.2 Å². The zero-order valence-corrected chi connectivity index (χ0v) is 13.6. The van der Waals surface area contributed by atoms with Crippen molar-refractivity contribution in [2.75, 3.05) is 13.1 Å². The summed E-state index contributed by atoms with van der Waals surface area (Å²) in [5.74, 6) is 0.0261. The first-order chi connectivity index (χ1) is 9.28. The fourth-order valence-corrected chi connectivity index (χ4v) is 2.55. The van der Waals surface area contributed by atoms with Gasteiger partial charge in [0.2, 0.25) is 5.91 Å². The molecule has 0 aliphatic heterocycles. The van der Waals surface area contributed by atoms with Crippen molar-refractivity contribution in [2.24, 2.45) is 5.41 Å². The predicted octanol–water partition coefficient (Wildman–Crippen LogP) is 2.21. The maximum absolute atomic E-state index is 11.8. The number of aliphatic hydroxyl groups is 1. The maximum Gasteiger partial charge on any atom is 0.236 e. The quantitative estimate of drug-likeness (QED) is 0.628. The van der Waals surface area contributed by atoms with E-state index < -0.39 is 5.60 Å². The Morgan fingerprint density at radius 1 is 1.25 bits per heavy atom. The summed E-state index contributed by atoms with van der Waals surface area (Å²) in [6.45, 7) is 9.71. The largest absolute Gasteiger partial charge is 0.389 e. The highest BCUT2D eigenvalue weighted by atomic mass is 16.3. The first-order valence-corrected chi connectivity index (χ1v) is 8.01. The highest BCUT2D eigenvalue weighted by Crippen LogP contribution is 2.39. The first kappa shape index (κ1) is 17.4. The van der Waals surface area contributed by atoms with Gasteiger partial charge in [-0.15, -0.1) is 0 Å². The van der Waals surface area contributed by atoms with E-state index in [1.807, 2.05) is 6.92 Å². The number of nitrogens with one attached hydrogen (secondary N) is 2. The lowest BCUT2D eigenvalue weighted by molar-refractivity contribution is -0.123. The van der Waals surface area contributed by atoms with Gasteiger partial charge in [0.05, 0.1) is 11.6 Å². The lowest BCUT2D eigenvalue weighted by Crippen LogP contribution is -2.51. The van der Waals surface area contributed by atoms with Gasteiger partial charge in [-0.05, 0) is 44.4 Å². The van der Waals surface area contributed by atoms with Crippen LogP contribution in [-0.2, 0) is 4.79 Å². The highest BCUT2D eigenvalue weighted by molar-refractivity contribution is 5.81. The molecule has 0 radical (unpaired) electrons. The standard InChI is InChI=1S/C16H32N2O2/c1-5-6-11-17-14(19)13(2)18-12-16(20)9-7-15(3,4)8-10-16/h13,18,20H,5-12H2,1-4H3,(H,17,19). The zero-order chi connectivity index (χ0) is 15.2. The molecule has 1 unspecified atom stereocenters. The van der Waals surface area contributed by atoms with Crippen LogP contribution in [0.4, 0.5) is 0 Å². The first-order valence-electron chi connectivity index (χ1n) is 8.01. The monoisotopic (exact) mass is 284 g/mol. The summed E-state index contributed by atoms with van der Waals surface area (Å²) >= 11 is 0. The fourth-order valence-electron chi connectivity index (χ4n) is 2.55. The Morgan fingerprint density at radius 3 is 2.40 bits per heavy atom. The minimum atomic E-state index is -0.645. The third kappa shape index (κ3) is 5.80. The third-order valence-corrected chi connectivity index (χ3v) is 4.49. The molecule has 4 heteroatoms. The summed E-state index contributed by atoms with van der Waals surface area (Å²) in [4.78, 5) is 11.8. The van der Waals surface area contributed by atoms with Crippen molar-refractivity contribution < 1.29 is 9.90 Å². The molecule has 1 rings (SSSR count). The fraction of sp³-hybridized carbons (Fsp3) is 0.938. The number of hydrogen-bond donors (Lipinski definition) is 3. The van der Waals surface area contributed by atoms with Crippen molar-refractivity contribution >= 4 is 5.91 Å². The van der Waals surface area contributed by atoms with Gasteiger partial charge >= 0.3 is 0 Å². The molecule has 3 N–H and O–H groups in total. The molecule has 1 aliphatic carbocycles. The van der Waals surface area contributed by atoms with Crippen molar-refractivity contribution in [3.8, 4) is 0 Å². The van der Waals surface area contributed by atoms with Crippen LogP contribution in [0.25, 0.3) is 0 Å². The maximum atomic E-state index is 11.8. The Balaban J connectivity index is 2.29. The summed E-state index contributed by atoms with van der Waals surface area (Å²) in [5.41, 5.74) is -0.303. The SMILES string of the molecule is CCCCNC(=O)C(C)NCC1(O)CCC(C)(C)CC1. The van der Waals surface area contributed by atoms with Gasteiger partial charge in [0, 0.05) is 13.1 Å².